The van der Waals surface area contributed by atoms with Gasteiger partial charge in [0.1, 0.15) is 0 Å². The van der Waals surface area contributed by atoms with Crippen molar-refractivity contribution in [3.8, 4) is 0 Å². The molecule has 94 valence electrons. The number of benzene rings is 1. The van der Waals surface area contributed by atoms with E-state index in [1.54, 1.807) is 0 Å². The fourth-order valence-corrected chi connectivity index (χ4v) is 2.01. The number of nitrogens with zero attached hydrogens (tertiary/aromatic N) is 1. The van der Waals surface area contributed by atoms with Gasteiger partial charge in [0.05, 0.1) is 0 Å². The van der Waals surface area contributed by atoms with Crippen LogP contribution in [0.2, 0.25) is 0 Å². The number of carbonyl (C=O) groups is 1. The first-order chi connectivity index (χ1) is 7.84. The zero-order chi connectivity index (χ0) is 11.2. The van der Waals surface area contributed by atoms with Crippen molar-refractivity contribution in [3.05, 3.63) is 30.3 Å². The van der Waals surface area contributed by atoms with Gasteiger partial charge in [-0.3, -0.25) is 4.79 Å². The monoisotopic (exact) mass is 253 g/mol. The molecule has 4 heteroatoms. The van der Waals surface area contributed by atoms with E-state index in [0.717, 1.165) is 25.3 Å². The zero-order valence-electron chi connectivity index (χ0n) is 9.86. The number of para-hydroxylation sites is 1. The highest BCUT2D eigenvalue weighted by Crippen LogP contribution is 2.09. The van der Waals surface area contributed by atoms with Crippen LogP contribution in [0.5, 0.6) is 0 Å². The average Bonchev–Trinajstić information content (AvgIpc) is 2.81. The summed E-state index contributed by atoms with van der Waals surface area (Å²) in [7, 11) is 0. The molecule has 1 N–H and O–H groups in total. The van der Waals surface area contributed by atoms with Crippen molar-refractivity contribution < 1.29 is 17.2 Å². The summed E-state index contributed by atoms with van der Waals surface area (Å²) in [5, 5.41) is 2.90. The van der Waals surface area contributed by atoms with E-state index in [1.807, 2.05) is 30.3 Å². The summed E-state index contributed by atoms with van der Waals surface area (Å²) < 4.78 is 0. The standard InChI is InChI=1S/C13H18N2O.ClH/c16-13(8-11-15-9-4-5-10-15)14-12-6-2-1-3-7-12;/h1-3,6-7H,4-5,8-11H2,(H,14,16);1H/p-1. The molecule has 1 saturated heterocycles. The number of rotatable bonds is 4. The van der Waals surface area contributed by atoms with Gasteiger partial charge in [-0.05, 0) is 38.1 Å². The van der Waals surface area contributed by atoms with E-state index in [-0.39, 0.29) is 18.3 Å². The molecule has 1 heterocycles. The second-order valence-corrected chi connectivity index (χ2v) is 4.21. The highest BCUT2D eigenvalue weighted by molar-refractivity contribution is 5.90. The predicted octanol–water partition coefficient (Wildman–Crippen LogP) is -0.885. The molecule has 1 aliphatic rings. The summed E-state index contributed by atoms with van der Waals surface area (Å²) in [6, 6.07) is 9.62. The topological polar surface area (TPSA) is 32.3 Å². The third-order valence-corrected chi connectivity index (χ3v) is 2.91. The van der Waals surface area contributed by atoms with Gasteiger partial charge < -0.3 is 22.6 Å². The summed E-state index contributed by atoms with van der Waals surface area (Å²) in [5.74, 6) is 0.109. The molecule has 0 saturated carbocycles. The molecule has 1 fully saturated rings. The third-order valence-electron chi connectivity index (χ3n) is 2.91. The molecule has 17 heavy (non-hydrogen) atoms. The van der Waals surface area contributed by atoms with E-state index in [0.29, 0.717) is 6.42 Å². The fourth-order valence-electron chi connectivity index (χ4n) is 2.01. The van der Waals surface area contributed by atoms with E-state index >= 15 is 0 Å². The smallest absolute Gasteiger partial charge is 0.225 e. The Hall–Kier alpha value is -1.06. The first kappa shape index (κ1) is 14.0. The lowest BCUT2D eigenvalue weighted by Crippen LogP contribution is -3.00. The molecule has 1 aliphatic heterocycles. The van der Waals surface area contributed by atoms with Crippen LogP contribution in [0.15, 0.2) is 30.3 Å². The van der Waals surface area contributed by atoms with Crippen LogP contribution >= 0.6 is 0 Å². The molecule has 1 aromatic carbocycles. The van der Waals surface area contributed by atoms with Crippen LogP contribution in [-0.4, -0.2) is 30.4 Å². The summed E-state index contributed by atoms with van der Waals surface area (Å²) >= 11 is 0. The van der Waals surface area contributed by atoms with Crippen molar-refractivity contribution in [2.24, 2.45) is 0 Å². The van der Waals surface area contributed by atoms with E-state index in [2.05, 4.69) is 10.2 Å². The number of likely N-dealkylation sites (tertiary alicyclic amines) is 1. The Labute approximate surface area is 109 Å². The quantitative estimate of drug-likeness (QED) is 0.756. The summed E-state index contributed by atoms with van der Waals surface area (Å²) in [4.78, 5) is 14.0. The molecule has 3 nitrogen and oxygen atoms in total. The van der Waals surface area contributed by atoms with E-state index in [1.165, 1.54) is 12.8 Å². The molecule has 1 aromatic rings. The summed E-state index contributed by atoms with van der Waals surface area (Å²) in [6.45, 7) is 3.19. The zero-order valence-corrected chi connectivity index (χ0v) is 10.6. The van der Waals surface area contributed by atoms with Crippen LogP contribution < -0.4 is 17.7 Å². The van der Waals surface area contributed by atoms with Crippen LogP contribution in [-0.2, 0) is 4.79 Å². The van der Waals surface area contributed by atoms with Crippen molar-refractivity contribution in [2.45, 2.75) is 19.3 Å². The van der Waals surface area contributed by atoms with Gasteiger partial charge >= 0.3 is 0 Å². The molecule has 0 aliphatic carbocycles. The van der Waals surface area contributed by atoms with Gasteiger partial charge in [0.2, 0.25) is 5.91 Å². The van der Waals surface area contributed by atoms with Gasteiger partial charge in [0.25, 0.3) is 0 Å². The number of hydrogen-bond acceptors (Lipinski definition) is 2. The number of amides is 1. The molecular formula is C13H18ClN2O-. The lowest BCUT2D eigenvalue weighted by Gasteiger charge is -2.13. The minimum absolute atomic E-state index is 0. The number of nitrogens with one attached hydrogen (secondary N) is 1. The fraction of sp³-hybridized carbons (Fsp3) is 0.462. The van der Waals surface area contributed by atoms with E-state index in [9.17, 15) is 4.79 Å². The van der Waals surface area contributed by atoms with Crippen LogP contribution in [0, 0.1) is 0 Å². The second-order valence-electron chi connectivity index (χ2n) is 4.21. The highest BCUT2D eigenvalue weighted by atomic mass is 35.5. The normalized spacial score (nSPS) is 15.3. The Morgan fingerprint density at radius 2 is 1.82 bits per heavy atom. The van der Waals surface area contributed by atoms with Crippen molar-refractivity contribution in [1.82, 2.24) is 4.90 Å². The largest absolute Gasteiger partial charge is 1.00 e. The Bertz CT molecular complexity index is 337. The molecule has 0 bridgehead atoms. The van der Waals surface area contributed by atoms with Gasteiger partial charge in [0, 0.05) is 18.7 Å². The Morgan fingerprint density at radius 1 is 1.18 bits per heavy atom. The van der Waals surface area contributed by atoms with Crippen LogP contribution in [0.25, 0.3) is 0 Å². The Kier molecular flexibility index (Phi) is 6.01. The van der Waals surface area contributed by atoms with Gasteiger partial charge in [-0.15, -0.1) is 0 Å². The van der Waals surface area contributed by atoms with Crippen molar-refractivity contribution in [3.63, 3.8) is 0 Å². The molecule has 0 spiro atoms. The maximum atomic E-state index is 11.6. The van der Waals surface area contributed by atoms with E-state index in [4.69, 9.17) is 0 Å². The molecule has 0 atom stereocenters. The second kappa shape index (κ2) is 7.30. The molecule has 2 rings (SSSR count). The number of anilines is 1. The SMILES string of the molecule is O=C(CCN1CCCC1)Nc1ccccc1.[Cl-]. The lowest BCUT2D eigenvalue weighted by molar-refractivity contribution is -0.116. The third kappa shape index (κ3) is 4.75. The van der Waals surface area contributed by atoms with Crippen LogP contribution in [0.3, 0.4) is 0 Å². The number of carbonyl (C=O) groups excluding carboxylic acids is 1. The molecule has 1 amide bonds. The maximum Gasteiger partial charge on any atom is 0.225 e. The minimum Gasteiger partial charge on any atom is -1.00 e. The van der Waals surface area contributed by atoms with Gasteiger partial charge in [0.15, 0.2) is 0 Å². The Morgan fingerprint density at radius 3 is 2.47 bits per heavy atom. The molecular weight excluding hydrogens is 236 g/mol. The first-order valence-electron chi connectivity index (χ1n) is 5.92. The predicted molar refractivity (Wildman–Crippen MR) is 65.4 cm³/mol. The number of halogens is 1. The van der Waals surface area contributed by atoms with Crippen LogP contribution in [0.1, 0.15) is 19.3 Å². The highest BCUT2D eigenvalue weighted by Gasteiger charge is 2.12. The Balaban J connectivity index is 0.00000144. The van der Waals surface area contributed by atoms with Crippen molar-refractivity contribution >= 4 is 11.6 Å². The molecule has 0 radical (unpaired) electrons. The lowest BCUT2D eigenvalue weighted by atomic mass is 10.3. The van der Waals surface area contributed by atoms with Crippen molar-refractivity contribution in [2.75, 3.05) is 25.0 Å². The molecule has 0 aromatic heterocycles. The minimum atomic E-state index is 0. The van der Waals surface area contributed by atoms with Gasteiger partial charge in [-0.1, -0.05) is 18.2 Å². The van der Waals surface area contributed by atoms with E-state index < -0.39 is 0 Å². The first-order valence-corrected chi connectivity index (χ1v) is 5.92. The summed E-state index contributed by atoms with van der Waals surface area (Å²) in [6.07, 6.45) is 3.15. The van der Waals surface area contributed by atoms with Gasteiger partial charge in [-0.25, -0.2) is 0 Å². The van der Waals surface area contributed by atoms with Crippen LogP contribution in [0.4, 0.5) is 5.69 Å². The number of hydrogen-bond donors (Lipinski definition) is 1. The van der Waals surface area contributed by atoms with Crippen molar-refractivity contribution in [1.29, 1.82) is 0 Å². The maximum absolute atomic E-state index is 11.6. The summed E-state index contributed by atoms with van der Waals surface area (Å²) in [5.41, 5.74) is 0.883. The average molecular weight is 254 g/mol. The molecule has 0 unspecified atom stereocenters. The van der Waals surface area contributed by atoms with Gasteiger partial charge in [-0.2, -0.15) is 0 Å².